The molecule has 0 radical (unpaired) electrons. The quantitative estimate of drug-likeness (QED) is 0.662. The zero-order valence-electron chi connectivity index (χ0n) is 11.6. The summed E-state index contributed by atoms with van der Waals surface area (Å²) in [6, 6.07) is 1.99. The normalized spacial score (nSPS) is 23.4. The van der Waals surface area contributed by atoms with Crippen LogP contribution in [0.15, 0.2) is 0 Å². The summed E-state index contributed by atoms with van der Waals surface area (Å²) in [6.45, 7) is 9.11. The van der Waals surface area contributed by atoms with Gasteiger partial charge in [-0.3, -0.25) is 4.79 Å². The molecule has 1 atom stereocenters. The van der Waals surface area contributed by atoms with Crippen molar-refractivity contribution in [1.29, 1.82) is 5.26 Å². The number of hydrogen-bond donors (Lipinski definition) is 0. The molecule has 0 aliphatic carbocycles. The second-order valence-electron chi connectivity index (χ2n) is 6.06. The molecular weight excluding hydrogens is 232 g/mol. The largest absolute Gasteiger partial charge is 0.444 e. The number of nitriles is 1. The zero-order valence-corrected chi connectivity index (χ0v) is 11.6. The number of rotatable bonds is 0. The van der Waals surface area contributed by atoms with Crippen LogP contribution in [-0.4, -0.2) is 34.5 Å². The van der Waals surface area contributed by atoms with Crippen LogP contribution in [0.2, 0.25) is 0 Å². The van der Waals surface area contributed by atoms with Gasteiger partial charge in [0.05, 0.1) is 11.6 Å². The SMILES string of the molecule is CC(C)(C)OC(=O)N1CCC(=O)C(C#N)C1(C)C. The minimum Gasteiger partial charge on any atom is -0.444 e. The third-order valence-electron chi connectivity index (χ3n) is 3.05. The molecule has 5 nitrogen and oxygen atoms in total. The Bertz CT molecular complexity index is 401. The van der Waals surface area contributed by atoms with E-state index in [9.17, 15) is 9.59 Å². The Kier molecular flexibility index (Phi) is 3.70. The average molecular weight is 252 g/mol. The molecule has 0 bridgehead atoms. The number of ether oxygens (including phenoxy) is 1. The fourth-order valence-corrected chi connectivity index (χ4v) is 2.08. The monoisotopic (exact) mass is 252 g/mol. The number of carbonyl (C=O) groups excluding carboxylic acids is 2. The van der Waals surface area contributed by atoms with E-state index in [1.54, 1.807) is 34.6 Å². The Hall–Kier alpha value is -1.57. The van der Waals surface area contributed by atoms with Crippen LogP contribution >= 0.6 is 0 Å². The lowest BCUT2D eigenvalue weighted by Crippen LogP contribution is -2.59. The second-order valence-corrected chi connectivity index (χ2v) is 6.06. The van der Waals surface area contributed by atoms with E-state index in [2.05, 4.69) is 0 Å². The first kappa shape index (κ1) is 14.5. The van der Waals surface area contributed by atoms with E-state index in [-0.39, 0.29) is 12.2 Å². The Morgan fingerprint density at radius 1 is 1.50 bits per heavy atom. The topological polar surface area (TPSA) is 70.4 Å². The van der Waals surface area contributed by atoms with E-state index in [1.165, 1.54) is 4.90 Å². The number of ketones is 1. The number of nitrogens with zero attached hydrogens (tertiary/aromatic N) is 2. The fraction of sp³-hybridized carbons (Fsp3) is 0.769. The van der Waals surface area contributed by atoms with Crippen LogP contribution in [-0.2, 0) is 9.53 Å². The van der Waals surface area contributed by atoms with Gasteiger partial charge in [0.1, 0.15) is 11.5 Å². The van der Waals surface area contributed by atoms with Crippen molar-refractivity contribution < 1.29 is 14.3 Å². The molecule has 18 heavy (non-hydrogen) atoms. The molecule has 5 heteroatoms. The van der Waals surface area contributed by atoms with Crippen molar-refractivity contribution in [2.75, 3.05) is 6.54 Å². The molecule has 0 aromatic rings. The third kappa shape index (κ3) is 2.81. The van der Waals surface area contributed by atoms with E-state index < -0.39 is 23.2 Å². The predicted molar refractivity (Wildman–Crippen MR) is 65.7 cm³/mol. The van der Waals surface area contributed by atoms with Crippen LogP contribution in [0.3, 0.4) is 0 Å². The number of piperidine rings is 1. The molecule has 1 aliphatic rings. The van der Waals surface area contributed by atoms with Crippen LogP contribution in [0.25, 0.3) is 0 Å². The first-order chi connectivity index (χ1) is 8.09. The third-order valence-corrected chi connectivity index (χ3v) is 3.05. The van der Waals surface area contributed by atoms with Gasteiger partial charge in [0.25, 0.3) is 0 Å². The molecule has 1 fully saturated rings. The molecule has 0 N–H and O–H groups in total. The van der Waals surface area contributed by atoms with Gasteiger partial charge in [-0.25, -0.2) is 4.79 Å². The van der Waals surface area contributed by atoms with Gasteiger partial charge >= 0.3 is 6.09 Å². The summed E-state index contributed by atoms with van der Waals surface area (Å²) in [6.07, 6.45) is -0.263. The average Bonchev–Trinajstić information content (AvgIpc) is 2.13. The molecule has 1 amide bonds. The van der Waals surface area contributed by atoms with Gasteiger partial charge in [0, 0.05) is 13.0 Å². The summed E-state index contributed by atoms with van der Waals surface area (Å²) in [4.78, 5) is 25.3. The molecule has 100 valence electrons. The Morgan fingerprint density at radius 2 is 2.06 bits per heavy atom. The lowest BCUT2D eigenvalue weighted by atomic mass is 9.79. The van der Waals surface area contributed by atoms with Crippen LogP contribution in [0.5, 0.6) is 0 Å². The number of Topliss-reactive ketones (excluding diaryl/α,β-unsaturated/α-hetero) is 1. The molecule has 0 saturated carbocycles. The lowest BCUT2D eigenvalue weighted by Gasteiger charge is -2.44. The fourth-order valence-electron chi connectivity index (χ4n) is 2.08. The van der Waals surface area contributed by atoms with Gasteiger partial charge in [-0.2, -0.15) is 5.26 Å². The maximum atomic E-state index is 12.1. The van der Waals surface area contributed by atoms with Gasteiger partial charge in [-0.05, 0) is 34.6 Å². The summed E-state index contributed by atoms with van der Waals surface area (Å²) < 4.78 is 5.31. The van der Waals surface area contributed by atoms with Gasteiger partial charge in [0.15, 0.2) is 5.78 Å². The zero-order chi connectivity index (χ0) is 14.1. The molecule has 1 aliphatic heterocycles. The maximum absolute atomic E-state index is 12.1. The van der Waals surface area contributed by atoms with Crippen molar-refractivity contribution in [2.24, 2.45) is 5.92 Å². The number of hydrogen-bond acceptors (Lipinski definition) is 4. The van der Waals surface area contributed by atoms with E-state index >= 15 is 0 Å². The lowest BCUT2D eigenvalue weighted by molar-refractivity contribution is -0.129. The van der Waals surface area contributed by atoms with E-state index in [1.807, 2.05) is 6.07 Å². The highest BCUT2D eigenvalue weighted by Gasteiger charge is 2.47. The summed E-state index contributed by atoms with van der Waals surface area (Å²) in [7, 11) is 0. The van der Waals surface area contributed by atoms with Crippen molar-refractivity contribution in [3.8, 4) is 6.07 Å². The minimum atomic E-state index is -0.827. The van der Waals surface area contributed by atoms with Gasteiger partial charge < -0.3 is 9.64 Å². The number of carbonyl (C=O) groups is 2. The molecule has 1 unspecified atom stereocenters. The molecule has 0 aromatic heterocycles. The first-order valence-corrected chi connectivity index (χ1v) is 6.02. The summed E-state index contributed by atoms with van der Waals surface area (Å²) >= 11 is 0. The molecule has 1 saturated heterocycles. The molecule has 1 heterocycles. The minimum absolute atomic E-state index is 0.109. The molecular formula is C13H20N2O3. The van der Waals surface area contributed by atoms with Crippen LogP contribution in [0.1, 0.15) is 41.0 Å². The van der Waals surface area contributed by atoms with Gasteiger partial charge in [-0.15, -0.1) is 0 Å². The summed E-state index contributed by atoms with van der Waals surface area (Å²) in [5.74, 6) is -0.902. The van der Waals surface area contributed by atoms with Gasteiger partial charge in [0.2, 0.25) is 0 Å². The van der Waals surface area contributed by atoms with Crippen LogP contribution in [0.4, 0.5) is 4.79 Å². The van der Waals surface area contributed by atoms with E-state index in [0.717, 1.165) is 0 Å². The Labute approximate surface area is 108 Å². The predicted octanol–water partition coefficient (Wildman–Crippen LogP) is 2.11. The smallest absolute Gasteiger partial charge is 0.410 e. The van der Waals surface area contributed by atoms with Crippen LogP contribution < -0.4 is 0 Å². The second kappa shape index (κ2) is 4.60. The van der Waals surface area contributed by atoms with Crippen molar-refractivity contribution in [3.05, 3.63) is 0 Å². The van der Waals surface area contributed by atoms with Gasteiger partial charge in [-0.1, -0.05) is 0 Å². The standard InChI is InChI=1S/C13H20N2O3/c1-12(2,3)18-11(17)15-7-6-10(16)9(8-14)13(15,4)5/h9H,6-7H2,1-5H3. The van der Waals surface area contributed by atoms with Crippen molar-refractivity contribution >= 4 is 11.9 Å². The number of likely N-dealkylation sites (tertiary alicyclic amines) is 1. The highest BCUT2D eigenvalue weighted by Crippen LogP contribution is 2.32. The maximum Gasteiger partial charge on any atom is 0.410 e. The molecule has 0 aromatic carbocycles. The first-order valence-electron chi connectivity index (χ1n) is 6.02. The van der Waals surface area contributed by atoms with Crippen molar-refractivity contribution in [3.63, 3.8) is 0 Å². The summed E-state index contributed by atoms with van der Waals surface area (Å²) in [5, 5.41) is 9.08. The Morgan fingerprint density at radius 3 is 2.50 bits per heavy atom. The summed E-state index contributed by atoms with van der Waals surface area (Å²) in [5.41, 5.74) is -1.41. The van der Waals surface area contributed by atoms with E-state index in [0.29, 0.717) is 6.54 Å². The Balaban J connectivity index is 2.94. The highest BCUT2D eigenvalue weighted by molar-refractivity contribution is 5.87. The van der Waals surface area contributed by atoms with Crippen molar-refractivity contribution in [2.45, 2.75) is 52.2 Å². The van der Waals surface area contributed by atoms with Crippen LogP contribution in [0, 0.1) is 17.2 Å². The number of amides is 1. The van der Waals surface area contributed by atoms with Crippen molar-refractivity contribution in [1.82, 2.24) is 4.90 Å². The molecule has 0 spiro atoms. The van der Waals surface area contributed by atoms with E-state index in [4.69, 9.17) is 10.00 Å². The highest BCUT2D eigenvalue weighted by atomic mass is 16.6. The molecule has 1 rings (SSSR count).